The quantitative estimate of drug-likeness (QED) is 0.649. The topological polar surface area (TPSA) is 41.5 Å². The van der Waals surface area contributed by atoms with E-state index in [1.54, 1.807) is 0 Å². The van der Waals surface area contributed by atoms with Crippen molar-refractivity contribution < 1.29 is 9.84 Å². The van der Waals surface area contributed by atoms with E-state index in [4.69, 9.17) is 4.74 Å². The maximum Gasteiger partial charge on any atom is 0.0897 e. The van der Waals surface area contributed by atoms with Crippen molar-refractivity contribution in [2.75, 3.05) is 19.8 Å². The van der Waals surface area contributed by atoms with Gasteiger partial charge in [0.05, 0.1) is 12.7 Å². The van der Waals surface area contributed by atoms with E-state index in [0.29, 0.717) is 13.2 Å². The Kier molecular flexibility index (Phi) is 8.58. The SMILES string of the molecule is Cc1ccc(C(C)NCC(O)COCCCC(C)C)cc1. The van der Waals surface area contributed by atoms with E-state index in [2.05, 4.69) is 57.3 Å². The van der Waals surface area contributed by atoms with E-state index in [0.717, 1.165) is 18.9 Å². The average molecular weight is 293 g/mol. The summed E-state index contributed by atoms with van der Waals surface area (Å²) in [6, 6.07) is 8.72. The second-order valence-corrected chi connectivity index (χ2v) is 6.31. The zero-order valence-electron chi connectivity index (χ0n) is 13.9. The number of aliphatic hydroxyl groups is 1. The van der Waals surface area contributed by atoms with Crippen LogP contribution in [-0.4, -0.2) is 31.0 Å². The smallest absolute Gasteiger partial charge is 0.0897 e. The number of rotatable bonds is 10. The second kappa shape index (κ2) is 9.93. The molecule has 0 bridgehead atoms. The largest absolute Gasteiger partial charge is 0.389 e. The number of aliphatic hydroxyl groups excluding tert-OH is 1. The van der Waals surface area contributed by atoms with Crippen molar-refractivity contribution in [3.05, 3.63) is 35.4 Å². The lowest BCUT2D eigenvalue weighted by atomic mass is 10.1. The third kappa shape index (κ3) is 8.20. The molecule has 0 aliphatic rings. The fraction of sp³-hybridized carbons (Fsp3) is 0.667. The van der Waals surface area contributed by atoms with E-state index < -0.39 is 6.10 Å². The van der Waals surface area contributed by atoms with E-state index >= 15 is 0 Å². The fourth-order valence-corrected chi connectivity index (χ4v) is 2.16. The maximum atomic E-state index is 9.91. The summed E-state index contributed by atoms with van der Waals surface area (Å²) >= 11 is 0. The lowest BCUT2D eigenvalue weighted by Crippen LogP contribution is -2.32. The summed E-state index contributed by atoms with van der Waals surface area (Å²) < 4.78 is 5.51. The molecular formula is C18H31NO2. The number of aryl methyl sites for hydroxylation is 1. The van der Waals surface area contributed by atoms with Gasteiger partial charge < -0.3 is 15.2 Å². The van der Waals surface area contributed by atoms with Crippen LogP contribution >= 0.6 is 0 Å². The van der Waals surface area contributed by atoms with Gasteiger partial charge in [-0.1, -0.05) is 43.7 Å². The normalized spacial score (nSPS) is 14.4. The molecule has 0 heterocycles. The van der Waals surface area contributed by atoms with Gasteiger partial charge in [-0.2, -0.15) is 0 Å². The first-order chi connectivity index (χ1) is 9.99. The number of hydrogen-bond acceptors (Lipinski definition) is 3. The molecule has 2 unspecified atom stereocenters. The van der Waals surface area contributed by atoms with Crippen molar-refractivity contribution in [3.63, 3.8) is 0 Å². The highest BCUT2D eigenvalue weighted by atomic mass is 16.5. The second-order valence-electron chi connectivity index (χ2n) is 6.31. The van der Waals surface area contributed by atoms with E-state index in [1.807, 2.05) is 0 Å². The highest BCUT2D eigenvalue weighted by molar-refractivity contribution is 5.23. The first kappa shape index (κ1) is 18.1. The van der Waals surface area contributed by atoms with Gasteiger partial charge in [0.2, 0.25) is 0 Å². The third-order valence-electron chi connectivity index (χ3n) is 3.62. The predicted octanol–water partition coefficient (Wildman–Crippen LogP) is 3.46. The molecule has 2 atom stereocenters. The van der Waals surface area contributed by atoms with Crippen LogP contribution in [0.15, 0.2) is 24.3 Å². The van der Waals surface area contributed by atoms with Crippen LogP contribution < -0.4 is 5.32 Å². The van der Waals surface area contributed by atoms with Gasteiger partial charge in [0.25, 0.3) is 0 Å². The molecule has 3 heteroatoms. The van der Waals surface area contributed by atoms with Crippen LogP contribution in [0, 0.1) is 12.8 Å². The van der Waals surface area contributed by atoms with Crippen LogP contribution in [-0.2, 0) is 4.74 Å². The molecule has 0 saturated carbocycles. The molecule has 0 saturated heterocycles. The van der Waals surface area contributed by atoms with Crippen molar-refractivity contribution in [1.82, 2.24) is 5.32 Å². The van der Waals surface area contributed by atoms with E-state index in [1.165, 1.54) is 17.5 Å². The molecule has 0 aliphatic heterocycles. The summed E-state index contributed by atoms with van der Waals surface area (Å²) in [6.45, 7) is 10.3. The highest BCUT2D eigenvalue weighted by Gasteiger charge is 2.09. The average Bonchev–Trinajstić information content (AvgIpc) is 2.44. The van der Waals surface area contributed by atoms with Crippen molar-refractivity contribution >= 4 is 0 Å². The van der Waals surface area contributed by atoms with Gasteiger partial charge in [0.15, 0.2) is 0 Å². The number of hydrogen-bond donors (Lipinski definition) is 2. The minimum absolute atomic E-state index is 0.237. The van der Waals surface area contributed by atoms with Crippen molar-refractivity contribution in [1.29, 1.82) is 0 Å². The standard InChI is InChI=1S/C18H31NO2/c1-14(2)6-5-11-21-13-18(20)12-19-16(4)17-9-7-15(3)8-10-17/h7-10,14,16,18-20H,5-6,11-13H2,1-4H3. The molecule has 0 aromatic heterocycles. The van der Waals surface area contributed by atoms with Crippen LogP contribution in [0.5, 0.6) is 0 Å². The monoisotopic (exact) mass is 293 g/mol. The molecule has 1 aromatic carbocycles. The van der Waals surface area contributed by atoms with Crippen LogP contribution in [0.4, 0.5) is 0 Å². The van der Waals surface area contributed by atoms with E-state index in [-0.39, 0.29) is 6.04 Å². The minimum atomic E-state index is -0.447. The first-order valence-corrected chi connectivity index (χ1v) is 8.04. The summed E-state index contributed by atoms with van der Waals surface area (Å²) in [5.41, 5.74) is 2.51. The van der Waals surface area contributed by atoms with Gasteiger partial charge in [0, 0.05) is 19.2 Å². The van der Waals surface area contributed by atoms with Gasteiger partial charge in [-0.15, -0.1) is 0 Å². The van der Waals surface area contributed by atoms with Gasteiger partial charge in [0.1, 0.15) is 0 Å². The molecule has 0 aliphatic carbocycles. The molecule has 1 rings (SSSR count). The number of ether oxygens (including phenoxy) is 1. The van der Waals surface area contributed by atoms with Crippen molar-refractivity contribution in [2.45, 2.75) is 52.7 Å². The minimum Gasteiger partial charge on any atom is -0.389 e. The summed E-state index contributed by atoms with van der Waals surface area (Å²) in [5.74, 6) is 0.718. The molecule has 3 nitrogen and oxygen atoms in total. The summed E-state index contributed by atoms with van der Waals surface area (Å²) in [7, 11) is 0. The predicted molar refractivity (Wildman–Crippen MR) is 88.5 cm³/mol. The van der Waals surface area contributed by atoms with Gasteiger partial charge >= 0.3 is 0 Å². The van der Waals surface area contributed by atoms with Crippen molar-refractivity contribution in [3.8, 4) is 0 Å². The Bertz CT molecular complexity index is 375. The molecule has 0 amide bonds. The van der Waals surface area contributed by atoms with Gasteiger partial charge in [-0.3, -0.25) is 0 Å². The molecule has 120 valence electrons. The molecule has 0 fully saturated rings. The van der Waals surface area contributed by atoms with Gasteiger partial charge in [-0.05, 0) is 38.2 Å². The fourth-order valence-electron chi connectivity index (χ4n) is 2.16. The van der Waals surface area contributed by atoms with E-state index in [9.17, 15) is 5.11 Å². The Labute approximate surface area is 129 Å². The Balaban J connectivity index is 2.14. The molecule has 21 heavy (non-hydrogen) atoms. The zero-order valence-corrected chi connectivity index (χ0v) is 13.9. The maximum absolute atomic E-state index is 9.91. The Morgan fingerprint density at radius 1 is 1.14 bits per heavy atom. The molecule has 1 aromatic rings. The first-order valence-electron chi connectivity index (χ1n) is 8.04. The van der Waals surface area contributed by atoms with Crippen LogP contribution in [0.25, 0.3) is 0 Å². The van der Waals surface area contributed by atoms with Gasteiger partial charge in [-0.25, -0.2) is 0 Å². The lowest BCUT2D eigenvalue weighted by Gasteiger charge is -2.18. The number of benzene rings is 1. The van der Waals surface area contributed by atoms with Crippen LogP contribution in [0.3, 0.4) is 0 Å². The summed E-state index contributed by atoms with van der Waals surface area (Å²) in [6.07, 6.45) is 1.80. The number of nitrogens with one attached hydrogen (secondary N) is 1. The molecule has 0 radical (unpaired) electrons. The third-order valence-corrected chi connectivity index (χ3v) is 3.62. The zero-order chi connectivity index (χ0) is 15.7. The van der Waals surface area contributed by atoms with Crippen LogP contribution in [0.1, 0.15) is 50.8 Å². The molecular weight excluding hydrogens is 262 g/mol. The Morgan fingerprint density at radius 3 is 2.43 bits per heavy atom. The highest BCUT2D eigenvalue weighted by Crippen LogP contribution is 2.12. The Morgan fingerprint density at radius 2 is 1.81 bits per heavy atom. The Hall–Kier alpha value is -0.900. The molecule has 0 spiro atoms. The summed E-state index contributed by atoms with van der Waals surface area (Å²) in [4.78, 5) is 0. The lowest BCUT2D eigenvalue weighted by molar-refractivity contribution is 0.0337. The summed E-state index contributed by atoms with van der Waals surface area (Å²) in [5, 5.41) is 13.3. The molecule has 2 N–H and O–H groups in total. The van der Waals surface area contributed by atoms with Crippen molar-refractivity contribution in [2.24, 2.45) is 5.92 Å². The van der Waals surface area contributed by atoms with Crippen LogP contribution in [0.2, 0.25) is 0 Å².